The molecule has 4 rings (SSSR count). The largest absolute Gasteiger partial charge is 0.489 e. The smallest absolute Gasteiger partial charge is 0.242 e. The first kappa shape index (κ1) is 30.6. The lowest BCUT2D eigenvalue weighted by molar-refractivity contribution is -0.132. The number of nitrogens with zero attached hydrogens (tertiary/aromatic N) is 1. The Bertz CT molecular complexity index is 1110. The normalized spacial score (nSPS) is 17.8. The molecule has 0 spiro atoms. The van der Waals surface area contributed by atoms with Gasteiger partial charge in [0.25, 0.3) is 0 Å². The van der Waals surface area contributed by atoms with Gasteiger partial charge in [-0.05, 0) is 68.5 Å². The maximum atomic E-state index is 13.3. The maximum Gasteiger partial charge on any atom is 0.242 e. The number of nitrogens with one attached hydrogen (secondary N) is 2. The second-order valence-corrected chi connectivity index (χ2v) is 11.6. The Labute approximate surface area is 244 Å². The SMILES string of the molecule is NC(=O)C1(CCC(=O)NC(Cc2ccc(OCc3ccccc3)cc2)C(=O)NCCN2CCCCC2)CCCCC1. The molecule has 8 nitrogen and oxygen atoms in total. The van der Waals surface area contributed by atoms with E-state index in [4.69, 9.17) is 10.5 Å². The summed E-state index contributed by atoms with van der Waals surface area (Å²) < 4.78 is 5.90. The number of benzene rings is 2. The molecule has 4 N–H and O–H groups in total. The summed E-state index contributed by atoms with van der Waals surface area (Å²) in [6.45, 7) is 3.96. The monoisotopic (exact) mass is 562 g/mol. The molecule has 2 aromatic carbocycles. The molecule has 1 unspecified atom stereocenters. The number of piperidine rings is 1. The highest BCUT2D eigenvalue weighted by atomic mass is 16.5. The maximum absolute atomic E-state index is 13.3. The van der Waals surface area contributed by atoms with Gasteiger partial charge in [0.1, 0.15) is 18.4 Å². The average molecular weight is 563 g/mol. The number of hydrogen-bond donors (Lipinski definition) is 3. The predicted octanol–water partition coefficient (Wildman–Crippen LogP) is 4.11. The van der Waals surface area contributed by atoms with Crippen molar-refractivity contribution in [2.45, 2.75) is 83.3 Å². The van der Waals surface area contributed by atoms with E-state index in [0.29, 0.717) is 26.0 Å². The van der Waals surface area contributed by atoms with Crippen LogP contribution in [0.2, 0.25) is 0 Å². The van der Waals surface area contributed by atoms with Crippen molar-refractivity contribution in [2.75, 3.05) is 26.2 Å². The number of amides is 3. The first-order valence-corrected chi connectivity index (χ1v) is 15.3. The fraction of sp³-hybridized carbons (Fsp3) is 0.545. The fourth-order valence-corrected chi connectivity index (χ4v) is 6.02. The van der Waals surface area contributed by atoms with Crippen LogP contribution in [0, 0.1) is 5.41 Å². The molecule has 1 heterocycles. The van der Waals surface area contributed by atoms with Gasteiger partial charge in [0.15, 0.2) is 0 Å². The van der Waals surface area contributed by atoms with Crippen LogP contribution in [-0.2, 0) is 27.4 Å². The highest BCUT2D eigenvalue weighted by molar-refractivity contribution is 5.88. The van der Waals surface area contributed by atoms with Crippen LogP contribution in [0.4, 0.5) is 0 Å². The lowest BCUT2D eigenvalue weighted by atomic mass is 9.70. The third-order valence-electron chi connectivity index (χ3n) is 8.60. The van der Waals surface area contributed by atoms with E-state index in [2.05, 4.69) is 15.5 Å². The van der Waals surface area contributed by atoms with Crippen molar-refractivity contribution in [1.82, 2.24) is 15.5 Å². The molecule has 8 heteroatoms. The van der Waals surface area contributed by atoms with Crippen LogP contribution in [-0.4, -0.2) is 54.8 Å². The fourth-order valence-electron chi connectivity index (χ4n) is 6.02. The number of likely N-dealkylation sites (tertiary alicyclic amines) is 1. The van der Waals surface area contributed by atoms with E-state index in [0.717, 1.165) is 68.6 Å². The molecule has 1 aliphatic carbocycles. The molecule has 2 aromatic rings. The van der Waals surface area contributed by atoms with Gasteiger partial charge in [-0.1, -0.05) is 68.1 Å². The van der Waals surface area contributed by atoms with Crippen LogP contribution >= 0.6 is 0 Å². The van der Waals surface area contributed by atoms with Crippen molar-refractivity contribution in [3.8, 4) is 5.75 Å². The van der Waals surface area contributed by atoms with E-state index < -0.39 is 11.5 Å². The Balaban J connectivity index is 1.34. The number of carbonyl (C=O) groups is 3. The second kappa shape index (κ2) is 15.6. The molecule has 0 bridgehead atoms. The van der Waals surface area contributed by atoms with Crippen molar-refractivity contribution >= 4 is 17.7 Å². The minimum Gasteiger partial charge on any atom is -0.489 e. The average Bonchev–Trinajstić information content (AvgIpc) is 3.01. The van der Waals surface area contributed by atoms with Gasteiger partial charge in [0.05, 0.1) is 0 Å². The van der Waals surface area contributed by atoms with Crippen LogP contribution in [0.25, 0.3) is 0 Å². The molecule has 41 heavy (non-hydrogen) atoms. The van der Waals surface area contributed by atoms with Crippen molar-refractivity contribution in [3.63, 3.8) is 0 Å². The molecule has 1 atom stereocenters. The van der Waals surface area contributed by atoms with Crippen molar-refractivity contribution < 1.29 is 19.1 Å². The number of hydrogen-bond acceptors (Lipinski definition) is 5. The number of nitrogens with two attached hydrogens (primary N) is 1. The third kappa shape index (κ3) is 9.59. The van der Waals surface area contributed by atoms with E-state index in [-0.39, 0.29) is 24.1 Å². The number of primary amides is 1. The Morgan fingerprint density at radius 2 is 1.56 bits per heavy atom. The topological polar surface area (TPSA) is 114 Å². The quantitative estimate of drug-likeness (QED) is 0.321. The Morgan fingerprint density at radius 3 is 2.24 bits per heavy atom. The number of carbonyl (C=O) groups excluding carboxylic acids is 3. The first-order chi connectivity index (χ1) is 19.9. The molecule has 2 fully saturated rings. The summed E-state index contributed by atoms with van der Waals surface area (Å²) >= 11 is 0. The molecule has 0 radical (unpaired) electrons. The lowest BCUT2D eigenvalue weighted by Crippen LogP contribution is -2.50. The van der Waals surface area contributed by atoms with Gasteiger partial charge in [-0.2, -0.15) is 0 Å². The van der Waals surface area contributed by atoms with E-state index in [1.54, 1.807) is 0 Å². The van der Waals surface area contributed by atoms with Crippen molar-refractivity contribution in [1.29, 1.82) is 0 Å². The van der Waals surface area contributed by atoms with E-state index in [1.165, 1.54) is 19.3 Å². The Morgan fingerprint density at radius 1 is 0.878 bits per heavy atom. The summed E-state index contributed by atoms with van der Waals surface area (Å²) in [6.07, 6.45) is 9.09. The molecule has 0 aromatic heterocycles. The zero-order chi connectivity index (χ0) is 28.9. The zero-order valence-corrected chi connectivity index (χ0v) is 24.2. The second-order valence-electron chi connectivity index (χ2n) is 11.6. The molecular formula is C33H46N4O4. The first-order valence-electron chi connectivity index (χ1n) is 15.3. The molecule has 2 aliphatic rings. The molecule has 1 saturated carbocycles. The van der Waals surface area contributed by atoms with Gasteiger partial charge in [0, 0.05) is 31.3 Å². The number of rotatable bonds is 14. The minimum absolute atomic E-state index is 0.173. The van der Waals surface area contributed by atoms with Crippen LogP contribution in [0.15, 0.2) is 54.6 Å². The number of ether oxygens (including phenoxy) is 1. The van der Waals surface area contributed by atoms with Crippen molar-refractivity contribution in [3.05, 3.63) is 65.7 Å². The molecule has 1 aliphatic heterocycles. The molecular weight excluding hydrogens is 516 g/mol. The summed E-state index contributed by atoms with van der Waals surface area (Å²) in [7, 11) is 0. The molecule has 222 valence electrons. The highest BCUT2D eigenvalue weighted by Crippen LogP contribution is 2.40. The minimum atomic E-state index is -0.712. The van der Waals surface area contributed by atoms with Gasteiger partial charge in [-0.3, -0.25) is 14.4 Å². The standard InChI is InChI=1S/C33H46N4O4/c34-32(40)33(17-6-2-7-18-33)19-16-30(38)36-29(31(39)35-20-23-37-21-8-3-9-22-37)24-26-12-14-28(15-13-26)41-25-27-10-4-1-5-11-27/h1,4-5,10-15,29H,2-3,6-9,16-25H2,(H2,34,40)(H,35,39)(H,36,38). The predicted molar refractivity (Wildman–Crippen MR) is 160 cm³/mol. The Kier molecular flexibility index (Phi) is 11.6. The summed E-state index contributed by atoms with van der Waals surface area (Å²) in [6, 6.07) is 16.9. The van der Waals surface area contributed by atoms with Crippen LogP contribution in [0.3, 0.4) is 0 Å². The summed E-state index contributed by atoms with van der Waals surface area (Å²) in [5, 5.41) is 6.01. The van der Waals surface area contributed by atoms with E-state index in [1.807, 2.05) is 54.6 Å². The van der Waals surface area contributed by atoms with Crippen LogP contribution in [0.1, 0.15) is 75.3 Å². The zero-order valence-electron chi connectivity index (χ0n) is 24.2. The van der Waals surface area contributed by atoms with Crippen molar-refractivity contribution in [2.24, 2.45) is 11.1 Å². The molecule has 1 saturated heterocycles. The summed E-state index contributed by atoms with van der Waals surface area (Å²) in [5.41, 5.74) is 7.18. The van der Waals surface area contributed by atoms with Gasteiger partial charge >= 0.3 is 0 Å². The van der Waals surface area contributed by atoms with Crippen LogP contribution < -0.4 is 21.1 Å². The lowest BCUT2D eigenvalue weighted by Gasteiger charge is -2.34. The van der Waals surface area contributed by atoms with Crippen LogP contribution in [0.5, 0.6) is 5.75 Å². The van der Waals surface area contributed by atoms with E-state index in [9.17, 15) is 14.4 Å². The Hall–Kier alpha value is -3.39. The summed E-state index contributed by atoms with van der Waals surface area (Å²) in [5.74, 6) is 0.0113. The van der Waals surface area contributed by atoms with Gasteiger partial charge < -0.3 is 26.0 Å². The molecule has 3 amide bonds. The van der Waals surface area contributed by atoms with Gasteiger partial charge in [-0.15, -0.1) is 0 Å². The van der Waals surface area contributed by atoms with Gasteiger partial charge in [0.2, 0.25) is 17.7 Å². The van der Waals surface area contributed by atoms with Gasteiger partial charge in [-0.25, -0.2) is 0 Å². The summed E-state index contributed by atoms with van der Waals surface area (Å²) in [4.78, 5) is 41.0. The highest BCUT2D eigenvalue weighted by Gasteiger charge is 2.38. The van der Waals surface area contributed by atoms with E-state index >= 15 is 0 Å². The third-order valence-corrected chi connectivity index (χ3v) is 8.60.